The molecule has 0 atom stereocenters. The molecule has 1 N–H and O–H groups in total. The summed E-state index contributed by atoms with van der Waals surface area (Å²) in [6, 6.07) is 11.3. The molecule has 0 bridgehead atoms. The molecule has 1 aromatic heterocycles. The third-order valence-electron chi connectivity index (χ3n) is 5.01. The highest BCUT2D eigenvalue weighted by Crippen LogP contribution is 2.24. The number of fused-ring (bicyclic) bond motifs is 1. The molecule has 0 amide bonds. The minimum absolute atomic E-state index is 0.577. The van der Waals surface area contributed by atoms with Crippen LogP contribution in [0.2, 0.25) is 0 Å². The number of hydrogen-bond donors (Lipinski definition) is 1. The maximum absolute atomic E-state index is 4.77. The van der Waals surface area contributed by atoms with Gasteiger partial charge in [-0.25, -0.2) is 4.98 Å². The Morgan fingerprint density at radius 3 is 2.70 bits per heavy atom. The fourth-order valence-corrected chi connectivity index (χ4v) is 3.70. The van der Waals surface area contributed by atoms with Gasteiger partial charge < -0.3 is 10.2 Å². The Balaban J connectivity index is 1.48. The molecule has 1 aliphatic heterocycles. The quantitative estimate of drug-likeness (QED) is 0.937. The highest BCUT2D eigenvalue weighted by molar-refractivity contribution is 5.45. The maximum Gasteiger partial charge on any atom is 0.227 e. The standard InChI is InChI=1S/C19H24N4/c1-2-8-17(9-3-1)21-18-10-12-20-19(22-18)23-13-11-15-6-4-5-7-16(15)14-23/h4-7,10,12,17H,1-3,8-9,11,13-14H2,(H,20,21,22). The number of nitrogens with one attached hydrogen (secondary N) is 1. The van der Waals surface area contributed by atoms with E-state index in [1.54, 1.807) is 0 Å². The molecule has 4 heteroatoms. The molecule has 4 nitrogen and oxygen atoms in total. The molecule has 1 fully saturated rings. The third-order valence-corrected chi connectivity index (χ3v) is 5.01. The Bertz CT molecular complexity index is 664. The summed E-state index contributed by atoms with van der Waals surface area (Å²) in [5.74, 6) is 1.82. The van der Waals surface area contributed by atoms with Gasteiger partial charge in [-0.05, 0) is 36.5 Å². The number of anilines is 2. The van der Waals surface area contributed by atoms with Gasteiger partial charge in [0, 0.05) is 25.3 Å². The van der Waals surface area contributed by atoms with Gasteiger partial charge in [-0.15, -0.1) is 0 Å². The monoisotopic (exact) mass is 308 g/mol. The Morgan fingerprint density at radius 2 is 1.83 bits per heavy atom. The van der Waals surface area contributed by atoms with Crippen molar-refractivity contribution in [1.82, 2.24) is 9.97 Å². The molecular weight excluding hydrogens is 284 g/mol. The molecule has 2 aromatic rings. The molecule has 2 heterocycles. The van der Waals surface area contributed by atoms with E-state index in [1.807, 2.05) is 12.3 Å². The zero-order valence-corrected chi connectivity index (χ0v) is 13.5. The number of hydrogen-bond acceptors (Lipinski definition) is 4. The summed E-state index contributed by atoms with van der Waals surface area (Å²) in [5, 5.41) is 3.60. The van der Waals surface area contributed by atoms with E-state index in [1.165, 1.54) is 43.2 Å². The average molecular weight is 308 g/mol. The normalized spacial score (nSPS) is 18.5. The maximum atomic E-state index is 4.77. The van der Waals surface area contributed by atoms with Crippen LogP contribution < -0.4 is 10.2 Å². The summed E-state index contributed by atoms with van der Waals surface area (Å²) in [6.45, 7) is 1.90. The van der Waals surface area contributed by atoms with Crippen LogP contribution in [0, 0.1) is 0 Å². The van der Waals surface area contributed by atoms with Crippen LogP contribution in [-0.4, -0.2) is 22.6 Å². The second-order valence-corrected chi connectivity index (χ2v) is 6.66. The fourth-order valence-electron chi connectivity index (χ4n) is 3.70. The van der Waals surface area contributed by atoms with E-state index in [0.717, 1.165) is 31.3 Å². The molecule has 2 aliphatic rings. The topological polar surface area (TPSA) is 41.1 Å². The molecule has 1 aliphatic carbocycles. The second-order valence-electron chi connectivity index (χ2n) is 6.66. The van der Waals surface area contributed by atoms with Gasteiger partial charge in [-0.1, -0.05) is 43.5 Å². The first kappa shape index (κ1) is 14.5. The smallest absolute Gasteiger partial charge is 0.227 e. The average Bonchev–Trinajstić information content (AvgIpc) is 2.62. The van der Waals surface area contributed by atoms with Crippen molar-refractivity contribution in [3.8, 4) is 0 Å². The lowest BCUT2D eigenvalue weighted by atomic mass is 9.95. The van der Waals surface area contributed by atoms with E-state index in [0.29, 0.717) is 6.04 Å². The molecule has 0 radical (unpaired) electrons. The summed E-state index contributed by atoms with van der Waals surface area (Å²) < 4.78 is 0. The molecule has 0 unspecified atom stereocenters. The molecule has 120 valence electrons. The summed E-state index contributed by atoms with van der Waals surface area (Å²) >= 11 is 0. The van der Waals surface area contributed by atoms with Crippen LogP contribution in [0.25, 0.3) is 0 Å². The lowest BCUT2D eigenvalue weighted by molar-refractivity contribution is 0.462. The molecule has 1 saturated carbocycles. The first-order valence-corrected chi connectivity index (χ1v) is 8.80. The molecule has 4 rings (SSSR count). The van der Waals surface area contributed by atoms with Gasteiger partial charge in [0.05, 0.1) is 0 Å². The van der Waals surface area contributed by atoms with Gasteiger partial charge in [-0.3, -0.25) is 0 Å². The molecule has 1 aromatic carbocycles. The van der Waals surface area contributed by atoms with Crippen LogP contribution in [0.4, 0.5) is 11.8 Å². The molecular formula is C19H24N4. The number of benzene rings is 1. The number of nitrogens with zero attached hydrogens (tertiary/aromatic N) is 3. The van der Waals surface area contributed by atoms with E-state index in [4.69, 9.17) is 4.98 Å². The number of aromatic nitrogens is 2. The van der Waals surface area contributed by atoms with Gasteiger partial charge in [0.15, 0.2) is 0 Å². The minimum Gasteiger partial charge on any atom is -0.367 e. The van der Waals surface area contributed by atoms with Gasteiger partial charge in [-0.2, -0.15) is 4.98 Å². The predicted octanol–water partition coefficient (Wildman–Crippen LogP) is 3.78. The van der Waals surface area contributed by atoms with Crippen LogP contribution in [0.1, 0.15) is 43.2 Å². The Labute approximate surface area is 138 Å². The second kappa shape index (κ2) is 6.57. The summed E-state index contributed by atoms with van der Waals surface area (Å²) in [4.78, 5) is 11.6. The highest BCUT2D eigenvalue weighted by atomic mass is 15.3. The van der Waals surface area contributed by atoms with Gasteiger partial charge in [0.1, 0.15) is 5.82 Å². The first-order chi connectivity index (χ1) is 11.4. The zero-order chi connectivity index (χ0) is 15.5. The lowest BCUT2D eigenvalue weighted by Crippen LogP contribution is -2.32. The predicted molar refractivity (Wildman–Crippen MR) is 93.7 cm³/mol. The molecule has 23 heavy (non-hydrogen) atoms. The van der Waals surface area contributed by atoms with Crippen molar-refractivity contribution in [2.75, 3.05) is 16.8 Å². The largest absolute Gasteiger partial charge is 0.367 e. The molecule has 0 saturated heterocycles. The van der Waals surface area contributed by atoms with E-state index in [2.05, 4.69) is 39.5 Å². The number of rotatable bonds is 3. The van der Waals surface area contributed by atoms with Crippen molar-refractivity contribution in [2.24, 2.45) is 0 Å². The van der Waals surface area contributed by atoms with E-state index < -0.39 is 0 Å². The summed E-state index contributed by atoms with van der Waals surface area (Å²) in [7, 11) is 0. The van der Waals surface area contributed by atoms with Crippen molar-refractivity contribution >= 4 is 11.8 Å². The van der Waals surface area contributed by atoms with Gasteiger partial charge >= 0.3 is 0 Å². The minimum atomic E-state index is 0.577. The van der Waals surface area contributed by atoms with Crippen molar-refractivity contribution in [2.45, 2.75) is 51.1 Å². The lowest BCUT2D eigenvalue weighted by Gasteiger charge is -2.29. The molecule has 0 spiro atoms. The van der Waals surface area contributed by atoms with Crippen LogP contribution >= 0.6 is 0 Å². The van der Waals surface area contributed by atoms with Gasteiger partial charge in [0.2, 0.25) is 5.95 Å². The van der Waals surface area contributed by atoms with Crippen LogP contribution in [0.15, 0.2) is 36.5 Å². The van der Waals surface area contributed by atoms with E-state index >= 15 is 0 Å². The van der Waals surface area contributed by atoms with Crippen molar-refractivity contribution in [3.63, 3.8) is 0 Å². The first-order valence-electron chi connectivity index (χ1n) is 8.80. The fraction of sp³-hybridized carbons (Fsp3) is 0.474. The Hall–Kier alpha value is -2.10. The van der Waals surface area contributed by atoms with E-state index in [9.17, 15) is 0 Å². The zero-order valence-electron chi connectivity index (χ0n) is 13.5. The van der Waals surface area contributed by atoms with Crippen LogP contribution in [0.3, 0.4) is 0 Å². The highest BCUT2D eigenvalue weighted by Gasteiger charge is 2.19. The Morgan fingerprint density at radius 1 is 1.00 bits per heavy atom. The summed E-state index contributed by atoms with van der Waals surface area (Å²) in [6.07, 6.45) is 9.51. The van der Waals surface area contributed by atoms with Gasteiger partial charge in [0.25, 0.3) is 0 Å². The SMILES string of the molecule is c1ccc2c(c1)CCN(c1nccc(NC3CCCCC3)n1)C2. The van der Waals surface area contributed by atoms with Crippen molar-refractivity contribution < 1.29 is 0 Å². The van der Waals surface area contributed by atoms with E-state index in [-0.39, 0.29) is 0 Å². The Kier molecular flexibility index (Phi) is 4.14. The van der Waals surface area contributed by atoms with Crippen molar-refractivity contribution in [3.05, 3.63) is 47.7 Å². The van der Waals surface area contributed by atoms with Crippen LogP contribution in [-0.2, 0) is 13.0 Å². The van der Waals surface area contributed by atoms with Crippen LogP contribution in [0.5, 0.6) is 0 Å². The summed E-state index contributed by atoms with van der Waals surface area (Å²) in [5.41, 5.74) is 2.85. The van der Waals surface area contributed by atoms with Crippen molar-refractivity contribution in [1.29, 1.82) is 0 Å². The third kappa shape index (κ3) is 3.31.